The average molecular weight is 385 g/mol. The maximum atomic E-state index is 12.7. The van der Waals surface area contributed by atoms with Gasteiger partial charge in [-0.25, -0.2) is 0 Å². The molecule has 0 saturated carbocycles. The second-order valence-electron chi connectivity index (χ2n) is 6.27. The highest BCUT2D eigenvalue weighted by atomic mass is 16.5. The molecular weight excluding hydrogens is 358 g/mol. The van der Waals surface area contributed by atoms with Crippen LogP contribution in [-0.4, -0.2) is 59.3 Å². The van der Waals surface area contributed by atoms with Crippen LogP contribution in [0.15, 0.2) is 42.5 Å². The first kappa shape index (κ1) is 21.3. The summed E-state index contributed by atoms with van der Waals surface area (Å²) in [6.07, 6.45) is 3.19. The number of hydrogen-bond acceptors (Lipinski definition) is 6. The number of rotatable bonds is 10. The number of methoxy groups -OCH3 is 3. The molecule has 6 nitrogen and oxygen atoms in total. The largest absolute Gasteiger partial charge is 0.493 e. The summed E-state index contributed by atoms with van der Waals surface area (Å²) < 4.78 is 21.9. The molecule has 0 N–H and O–H groups in total. The minimum atomic E-state index is -0.155. The van der Waals surface area contributed by atoms with Gasteiger partial charge in [-0.15, -0.1) is 0 Å². The molecule has 0 aromatic heterocycles. The van der Waals surface area contributed by atoms with Crippen molar-refractivity contribution in [1.29, 1.82) is 0 Å². The highest BCUT2D eigenvalue weighted by Gasteiger charge is 2.15. The van der Waals surface area contributed by atoms with Gasteiger partial charge in [0.15, 0.2) is 17.3 Å². The summed E-state index contributed by atoms with van der Waals surface area (Å²) in [4.78, 5) is 14.8. The molecule has 2 aromatic rings. The third-order valence-electron chi connectivity index (χ3n) is 4.10. The Kier molecular flexibility index (Phi) is 7.89. The van der Waals surface area contributed by atoms with Crippen molar-refractivity contribution in [3.05, 3.63) is 53.6 Å². The molecule has 0 amide bonds. The van der Waals surface area contributed by atoms with Crippen LogP contribution in [0.1, 0.15) is 15.9 Å². The monoisotopic (exact) mass is 385 g/mol. The summed E-state index contributed by atoms with van der Waals surface area (Å²) in [5, 5.41) is 0. The molecule has 28 heavy (non-hydrogen) atoms. The first-order chi connectivity index (χ1) is 13.5. The highest BCUT2D eigenvalue weighted by Crippen LogP contribution is 2.40. The van der Waals surface area contributed by atoms with E-state index in [1.165, 1.54) is 6.08 Å². The molecule has 6 heteroatoms. The fourth-order valence-corrected chi connectivity index (χ4v) is 2.65. The van der Waals surface area contributed by atoms with E-state index in [2.05, 4.69) is 0 Å². The zero-order chi connectivity index (χ0) is 20.5. The van der Waals surface area contributed by atoms with E-state index in [0.29, 0.717) is 40.7 Å². The molecule has 0 fully saturated rings. The van der Waals surface area contributed by atoms with Gasteiger partial charge in [0.1, 0.15) is 12.4 Å². The molecule has 2 aromatic carbocycles. The standard InChI is InChI=1S/C22H27NO5/c1-23(2)14-15-28-19-9-7-6-8-17(19)18(24)12-10-16-11-13-20(25-3)22(27-5)21(16)26-4/h6-13H,14-15H2,1-5H3/b12-10+. The number of likely N-dealkylation sites (N-methyl/N-ethyl adjacent to an activating group) is 1. The Balaban J connectivity index is 2.25. The zero-order valence-electron chi connectivity index (χ0n) is 17.0. The van der Waals surface area contributed by atoms with Gasteiger partial charge in [-0.2, -0.15) is 0 Å². The Labute approximate surface area is 166 Å². The Hall–Kier alpha value is -2.99. The highest BCUT2D eigenvalue weighted by molar-refractivity contribution is 6.08. The van der Waals surface area contributed by atoms with E-state index in [4.69, 9.17) is 18.9 Å². The van der Waals surface area contributed by atoms with Crippen molar-refractivity contribution < 1.29 is 23.7 Å². The molecule has 0 heterocycles. The Morgan fingerprint density at radius 1 is 0.929 bits per heavy atom. The van der Waals surface area contributed by atoms with Crippen LogP contribution >= 0.6 is 0 Å². The van der Waals surface area contributed by atoms with E-state index in [-0.39, 0.29) is 5.78 Å². The summed E-state index contributed by atoms with van der Waals surface area (Å²) in [6.45, 7) is 1.27. The smallest absolute Gasteiger partial charge is 0.203 e. The molecule has 2 rings (SSSR count). The molecule has 0 saturated heterocycles. The molecule has 0 spiro atoms. The Morgan fingerprint density at radius 2 is 1.64 bits per heavy atom. The predicted molar refractivity (Wildman–Crippen MR) is 110 cm³/mol. The van der Waals surface area contributed by atoms with Crippen LogP contribution in [0.4, 0.5) is 0 Å². The van der Waals surface area contributed by atoms with Crippen LogP contribution in [0, 0.1) is 0 Å². The van der Waals surface area contributed by atoms with Crippen molar-refractivity contribution >= 4 is 11.9 Å². The SMILES string of the molecule is COc1ccc(/C=C/C(=O)c2ccccc2OCCN(C)C)c(OC)c1OC. The van der Waals surface area contributed by atoms with Crippen LogP contribution in [0.5, 0.6) is 23.0 Å². The quantitative estimate of drug-likeness (QED) is 0.461. The summed E-state index contributed by atoms with van der Waals surface area (Å²) in [5.74, 6) is 1.95. The van der Waals surface area contributed by atoms with Crippen LogP contribution < -0.4 is 18.9 Å². The molecule has 0 bridgehead atoms. The van der Waals surface area contributed by atoms with E-state index in [0.717, 1.165) is 6.54 Å². The maximum Gasteiger partial charge on any atom is 0.203 e. The minimum absolute atomic E-state index is 0.155. The molecule has 0 atom stereocenters. The number of hydrogen-bond donors (Lipinski definition) is 0. The summed E-state index contributed by atoms with van der Waals surface area (Å²) in [5.41, 5.74) is 1.22. The van der Waals surface area contributed by atoms with Crippen LogP contribution in [0.2, 0.25) is 0 Å². The van der Waals surface area contributed by atoms with Gasteiger partial charge in [0.05, 0.1) is 26.9 Å². The molecule has 0 unspecified atom stereocenters. The topological polar surface area (TPSA) is 57.2 Å². The zero-order valence-corrected chi connectivity index (χ0v) is 17.0. The normalized spacial score (nSPS) is 10.9. The van der Waals surface area contributed by atoms with Crippen molar-refractivity contribution in [2.24, 2.45) is 0 Å². The van der Waals surface area contributed by atoms with Crippen molar-refractivity contribution in [1.82, 2.24) is 4.90 Å². The number of carbonyl (C=O) groups excluding carboxylic acids is 1. The predicted octanol–water partition coefficient (Wildman–Crippen LogP) is 3.55. The molecular formula is C22H27NO5. The van der Waals surface area contributed by atoms with Gasteiger partial charge in [0.2, 0.25) is 5.75 Å². The fraction of sp³-hybridized carbons (Fsp3) is 0.318. The molecule has 0 aliphatic carbocycles. The summed E-state index contributed by atoms with van der Waals surface area (Å²) >= 11 is 0. The van der Waals surface area contributed by atoms with Crippen molar-refractivity contribution in [3.63, 3.8) is 0 Å². The summed E-state index contributed by atoms with van der Waals surface area (Å²) in [7, 11) is 8.59. The summed E-state index contributed by atoms with van der Waals surface area (Å²) in [6, 6.07) is 10.8. The number of nitrogens with zero attached hydrogens (tertiary/aromatic N) is 1. The number of ether oxygens (including phenoxy) is 4. The molecule has 0 radical (unpaired) electrons. The van der Waals surface area contributed by atoms with Gasteiger partial charge in [0.25, 0.3) is 0 Å². The van der Waals surface area contributed by atoms with E-state index in [9.17, 15) is 4.79 Å². The lowest BCUT2D eigenvalue weighted by Crippen LogP contribution is -2.20. The van der Waals surface area contributed by atoms with Crippen LogP contribution in [0.3, 0.4) is 0 Å². The Bertz CT molecular complexity index is 830. The second-order valence-corrected chi connectivity index (χ2v) is 6.27. The Morgan fingerprint density at radius 3 is 2.29 bits per heavy atom. The van der Waals surface area contributed by atoms with Gasteiger partial charge < -0.3 is 23.8 Å². The van der Waals surface area contributed by atoms with Gasteiger partial charge in [0, 0.05) is 12.1 Å². The van der Waals surface area contributed by atoms with Gasteiger partial charge >= 0.3 is 0 Å². The fourth-order valence-electron chi connectivity index (χ4n) is 2.65. The molecule has 0 aliphatic heterocycles. The second kappa shape index (κ2) is 10.4. The lowest BCUT2D eigenvalue weighted by atomic mass is 10.1. The third kappa shape index (κ3) is 5.27. The number of para-hydroxylation sites is 1. The first-order valence-corrected chi connectivity index (χ1v) is 8.89. The van der Waals surface area contributed by atoms with E-state index >= 15 is 0 Å². The number of carbonyl (C=O) groups is 1. The van der Waals surface area contributed by atoms with E-state index in [1.54, 1.807) is 45.6 Å². The van der Waals surface area contributed by atoms with Crippen molar-refractivity contribution in [2.45, 2.75) is 0 Å². The first-order valence-electron chi connectivity index (χ1n) is 8.89. The van der Waals surface area contributed by atoms with Crippen molar-refractivity contribution in [2.75, 3.05) is 48.6 Å². The van der Waals surface area contributed by atoms with Crippen LogP contribution in [0.25, 0.3) is 6.08 Å². The van der Waals surface area contributed by atoms with Crippen LogP contribution in [-0.2, 0) is 0 Å². The number of allylic oxidation sites excluding steroid dienone is 1. The van der Waals surface area contributed by atoms with E-state index < -0.39 is 0 Å². The lowest BCUT2D eigenvalue weighted by molar-refractivity contribution is 0.104. The lowest BCUT2D eigenvalue weighted by Gasteiger charge is -2.14. The van der Waals surface area contributed by atoms with Gasteiger partial charge in [-0.05, 0) is 50.5 Å². The van der Waals surface area contributed by atoms with Gasteiger partial charge in [-0.3, -0.25) is 4.79 Å². The van der Waals surface area contributed by atoms with Crippen molar-refractivity contribution in [3.8, 4) is 23.0 Å². The number of benzene rings is 2. The average Bonchev–Trinajstić information content (AvgIpc) is 2.71. The minimum Gasteiger partial charge on any atom is -0.493 e. The molecule has 150 valence electrons. The van der Waals surface area contributed by atoms with Gasteiger partial charge in [-0.1, -0.05) is 12.1 Å². The maximum absolute atomic E-state index is 12.7. The molecule has 0 aliphatic rings. The third-order valence-corrected chi connectivity index (χ3v) is 4.10. The number of ketones is 1. The van der Waals surface area contributed by atoms with E-state index in [1.807, 2.05) is 37.2 Å².